The zero-order valence-electron chi connectivity index (χ0n) is 13.6. The first-order chi connectivity index (χ1) is 12.4. The molecule has 2 aromatic rings. The van der Waals surface area contributed by atoms with E-state index in [1.807, 2.05) is 0 Å². The van der Waals surface area contributed by atoms with Crippen LogP contribution in [-0.4, -0.2) is 30.6 Å². The summed E-state index contributed by atoms with van der Waals surface area (Å²) in [5.41, 5.74) is 0.345. The van der Waals surface area contributed by atoms with Gasteiger partial charge in [0.15, 0.2) is 18.2 Å². The molecular formula is C14H15N3O9. The van der Waals surface area contributed by atoms with Crippen molar-refractivity contribution < 1.29 is 38.0 Å². The maximum atomic E-state index is 11.9. The quantitative estimate of drug-likeness (QED) is 0.194. The molecular weight excluding hydrogens is 354 g/mol. The van der Waals surface area contributed by atoms with Crippen molar-refractivity contribution in [1.82, 2.24) is 5.32 Å². The minimum absolute atomic E-state index is 0.00439. The van der Waals surface area contributed by atoms with Gasteiger partial charge in [-0.15, -0.1) is 10.1 Å². The largest absolute Gasteiger partial charge is 0.554 e. The van der Waals surface area contributed by atoms with Gasteiger partial charge in [-0.1, -0.05) is 0 Å². The molecule has 2 heterocycles. The predicted molar refractivity (Wildman–Crippen MR) is 79.1 cm³/mol. The number of rotatable bonds is 7. The van der Waals surface area contributed by atoms with E-state index < -0.39 is 23.3 Å². The number of hydrogen-bond acceptors (Lipinski definition) is 9. The summed E-state index contributed by atoms with van der Waals surface area (Å²) in [7, 11) is 0. The zero-order valence-corrected chi connectivity index (χ0v) is 13.6. The lowest BCUT2D eigenvalue weighted by Gasteiger charge is -2.03. The minimum Gasteiger partial charge on any atom is -0.554 e. The van der Waals surface area contributed by atoms with Crippen molar-refractivity contribution >= 4 is 12.4 Å². The van der Waals surface area contributed by atoms with Crippen molar-refractivity contribution in [3.8, 4) is 0 Å². The summed E-state index contributed by atoms with van der Waals surface area (Å²) in [6.45, 7) is 1.10. The molecule has 0 unspecified atom stereocenters. The summed E-state index contributed by atoms with van der Waals surface area (Å²) in [5, 5.41) is 19.8. The molecule has 2 rings (SSSR count). The standard InChI is InChI=1S/C13H13N3O7.CH2O2/c1-9-11(23-13(18)22-9)8-15-5-2-3-10(7-15)12(17)14-4-6-21-16(19)20;2-1-3/h2-3,5,7H,4,6,8H2,1H3;1H,(H,2,3). The minimum atomic E-state index is -0.927. The lowest BCUT2D eigenvalue weighted by Crippen LogP contribution is -2.36. The van der Waals surface area contributed by atoms with E-state index >= 15 is 0 Å². The van der Waals surface area contributed by atoms with E-state index in [-0.39, 0.29) is 19.7 Å². The zero-order chi connectivity index (χ0) is 19.5. The molecule has 0 aliphatic heterocycles. The average molecular weight is 369 g/mol. The van der Waals surface area contributed by atoms with Crippen LogP contribution in [0.2, 0.25) is 0 Å². The van der Waals surface area contributed by atoms with Crippen molar-refractivity contribution in [1.29, 1.82) is 0 Å². The molecule has 12 heteroatoms. The van der Waals surface area contributed by atoms with Crippen LogP contribution in [0.1, 0.15) is 21.9 Å². The molecule has 0 aromatic carbocycles. The molecule has 0 saturated heterocycles. The maximum Gasteiger partial charge on any atom is 0.519 e. The summed E-state index contributed by atoms with van der Waals surface area (Å²) in [6.07, 6.45) is 3.25. The van der Waals surface area contributed by atoms with Gasteiger partial charge in [0, 0.05) is 19.1 Å². The van der Waals surface area contributed by atoms with Gasteiger partial charge in [0.25, 0.3) is 11.0 Å². The Hall–Kier alpha value is -3.70. The van der Waals surface area contributed by atoms with Crippen LogP contribution in [0.5, 0.6) is 0 Å². The molecule has 0 atom stereocenters. The third-order valence-corrected chi connectivity index (χ3v) is 2.87. The Morgan fingerprint density at radius 2 is 2.15 bits per heavy atom. The van der Waals surface area contributed by atoms with E-state index in [0.29, 0.717) is 17.1 Å². The second-order valence-corrected chi connectivity index (χ2v) is 4.61. The van der Waals surface area contributed by atoms with Crippen LogP contribution >= 0.6 is 0 Å². The van der Waals surface area contributed by atoms with Gasteiger partial charge in [-0.05, 0) is 13.0 Å². The Balaban J connectivity index is 0.00000105. The number of hydrogen-bond donors (Lipinski definition) is 1. The fourth-order valence-electron chi connectivity index (χ4n) is 1.83. The molecule has 1 N–H and O–H groups in total. The summed E-state index contributed by atoms with van der Waals surface area (Å²) in [5.74, 6) is -0.458. The van der Waals surface area contributed by atoms with Gasteiger partial charge in [-0.3, -0.25) is 4.79 Å². The molecule has 0 bridgehead atoms. The van der Waals surface area contributed by atoms with Crippen LogP contribution in [-0.2, 0) is 16.2 Å². The number of aromatic nitrogens is 1. The Labute approximate surface area is 145 Å². The Morgan fingerprint density at radius 3 is 2.73 bits per heavy atom. The number of nitrogens with one attached hydrogen (secondary N) is 1. The molecule has 1 amide bonds. The summed E-state index contributed by atoms with van der Waals surface area (Å²) in [6, 6.07) is 3.23. The number of amides is 1. The highest BCUT2D eigenvalue weighted by atomic mass is 16.9. The fourth-order valence-corrected chi connectivity index (χ4v) is 1.83. The van der Waals surface area contributed by atoms with E-state index in [4.69, 9.17) is 18.7 Å². The molecule has 0 saturated carbocycles. The number of carbonyl (C=O) groups excluding carboxylic acids is 2. The highest BCUT2D eigenvalue weighted by Crippen LogP contribution is 2.04. The summed E-state index contributed by atoms with van der Waals surface area (Å²) >= 11 is 0. The van der Waals surface area contributed by atoms with E-state index in [2.05, 4.69) is 10.2 Å². The van der Waals surface area contributed by atoms with Gasteiger partial charge < -0.3 is 28.9 Å². The molecule has 140 valence electrons. The lowest BCUT2D eigenvalue weighted by atomic mass is 10.2. The van der Waals surface area contributed by atoms with Crippen LogP contribution in [0.15, 0.2) is 38.2 Å². The number of pyridine rings is 1. The lowest BCUT2D eigenvalue weighted by molar-refractivity contribution is -0.757. The van der Waals surface area contributed by atoms with Gasteiger partial charge in [-0.25, -0.2) is 4.79 Å². The van der Waals surface area contributed by atoms with Gasteiger partial charge in [-0.2, -0.15) is 4.57 Å². The first kappa shape index (κ1) is 20.3. The molecule has 0 radical (unpaired) electrons. The molecule has 26 heavy (non-hydrogen) atoms. The number of aryl methyl sites for hydroxylation is 1. The van der Waals surface area contributed by atoms with Crippen LogP contribution in [0.3, 0.4) is 0 Å². The van der Waals surface area contributed by atoms with E-state index in [0.717, 1.165) is 0 Å². The first-order valence-electron chi connectivity index (χ1n) is 7.07. The van der Waals surface area contributed by atoms with Crippen LogP contribution in [0, 0.1) is 17.0 Å². The third-order valence-electron chi connectivity index (χ3n) is 2.87. The number of carbonyl (C=O) groups is 2. The monoisotopic (exact) mass is 369 g/mol. The predicted octanol–water partition coefficient (Wildman–Crippen LogP) is -1.82. The second-order valence-electron chi connectivity index (χ2n) is 4.61. The second kappa shape index (κ2) is 10.2. The molecule has 0 fully saturated rings. The average Bonchev–Trinajstić information content (AvgIpc) is 2.89. The Bertz CT molecular complexity index is 812. The van der Waals surface area contributed by atoms with Gasteiger partial charge in [0.2, 0.25) is 12.3 Å². The molecule has 2 aromatic heterocycles. The first-order valence-corrected chi connectivity index (χ1v) is 7.07. The molecule has 0 spiro atoms. The van der Waals surface area contributed by atoms with Gasteiger partial charge in [0.1, 0.15) is 12.2 Å². The van der Waals surface area contributed by atoms with Crippen LogP contribution in [0.4, 0.5) is 0 Å². The maximum absolute atomic E-state index is 11.9. The van der Waals surface area contributed by atoms with Crippen LogP contribution < -0.4 is 20.8 Å². The topological polar surface area (TPSA) is 169 Å². The molecule has 0 aliphatic rings. The van der Waals surface area contributed by atoms with Crippen molar-refractivity contribution in [2.24, 2.45) is 0 Å². The van der Waals surface area contributed by atoms with Crippen molar-refractivity contribution in [2.45, 2.75) is 13.5 Å². The highest BCUT2D eigenvalue weighted by molar-refractivity contribution is 5.93. The van der Waals surface area contributed by atoms with E-state index in [1.54, 1.807) is 36.0 Å². The van der Waals surface area contributed by atoms with E-state index in [9.17, 15) is 19.7 Å². The Morgan fingerprint density at radius 1 is 1.46 bits per heavy atom. The van der Waals surface area contributed by atoms with Crippen molar-refractivity contribution in [2.75, 3.05) is 13.2 Å². The van der Waals surface area contributed by atoms with Gasteiger partial charge in [0.05, 0.1) is 0 Å². The van der Waals surface area contributed by atoms with E-state index in [1.165, 1.54) is 0 Å². The SMILES string of the molecule is Cc1oc(=O)oc1C[n+]1cccc(C(=O)NCCO[N+](=O)[O-])c1.O=C[O-]. The van der Waals surface area contributed by atoms with Gasteiger partial charge >= 0.3 is 5.82 Å². The fraction of sp³-hybridized carbons (Fsp3) is 0.286. The highest BCUT2D eigenvalue weighted by Gasteiger charge is 2.16. The van der Waals surface area contributed by atoms with Crippen molar-refractivity contribution in [3.05, 3.63) is 62.3 Å². The number of nitrogens with zero attached hydrogens (tertiary/aromatic N) is 2. The normalized spacial score (nSPS) is 9.58. The van der Waals surface area contributed by atoms with Crippen molar-refractivity contribution in [3.63, 3.8) is 0 Å². The molecule has 12 nitrogen and oxygen atoms in total. The molecule has 0 aliphatic carbocycles. The third kappa shape index (κ3) is 6.82. The number of carboxylic acid groups (broad SMARTS) is 1. The van der Waals surface area contributed by atoms with Crippen LogP contribution in [0.25, 0.3) is 0 Å². The Kier molecular flexibility index (Phi) is 8.00. The summed E-state index contributed by atoms with van der Waals surface area (Å²) in [4.78, 5) is 45.3. The summed E-state index contributed by atoms with van der Waals surface area (Å²) < 4.78 is 11.3. The smallest absolute Gasteiger partial charge is 0.519 e.